The van der Waals surface area contributed by atoms with Crippen molar-refractivity contribution < 1.29 is 18.3 Å². The molecule has 1 aromatic heterocycles. The van der Waals surface area contributed by atoms with Crippen molar-refractivity contribution in [3.8, 4) is 11.4 Å². The van der Waals surface area contributed by atoms with Crippen LogP contribution in [0.5, 0.6) is 5.75 Å². The van der Waals surface area contributed by atoms with Gasteiger partial charge >= 0.3 is 0 Å². The molecule has 0 aliphatic carbocycles. The molecule has 4 aromatic rings. The summed E-state index contributed by atoms with van der Waals surface area (Å²) < 4.78 is 27.7. The number of thioether (sulfide) groups is 1. The van der Waals surface area contributed by atoms with E-state index in [9.17, 15) is 18.3 Å². The average Bonchev–Trinajstić information content (AvgIpc) is 3.22. The second-order valence-corrected chi connectivity index (χ2v) is 11.0. The summed E-state index contributed by atoms with van der Waals surface area (Å²) in [6, 6.07) is 20.0. The number of sulfone groups is 1. The molecule has 0 saturated heterocycles. The first-order chi connectivity index (χ1) is 16.7. The van der Waals surface area contributed by atoms with E-state index in [1.54, 1.807) is 41.0 Å². The van der Waals surface area contributed by atoms with Crippen LogP contribution in [-0.4, -0.2) is 39.9 Å². The molecule has 0 aliphatic rings. The van der Waals surface area contributed by atoms with Crippen LogP contribution in [0.1, 0.15) is 11.4 Å². The fraction of sp³-hybridized carbons (Fsp3) is 0.125. The lowest BCUT2D eigenvalue weighted by atomic mass is 10.2. The van der Waals surface area contributed by atoms with Crippen molar-refractivity contribution in [2.24, 2.45) is 0 Å². The van der Waals surface area contributed by atoms with E-state index in [-0.39, 0.29) is 33.7 Å². The molecular formula is C24H21ClN4O4S2. The molecule has 1 heterocycles. The number of halogens is 1. The maximum atomic E-state index is 13.0. The first-order valence-corrected chi connectivity index (χ1v) is 13.4. The second-order valence-electron chi connectivity index (χ2n) is 7.64. The highest BCUT2D eigenvalue weighted by atomic mass is 35.5. The van der Waals surface area contributed by atoms with Gasteiger partial charge in [0.05, 0.1) is 16.3 Å². The van der Waals surface area contributed by atoms with Gasteiger partial charge < -0.3 is 10.4 Å². The highest BCUT2D eigenvalue weighted by molar-refractivity contribution is 7.99. The number of para-hydroxylation sites is 1. The fourth-order valence-electron chi connectivity index (χ4n) is 3.25. The molecule has 11 heteroatoms. The Morgan fingerprint density at radius 1 is 1.06 bits per heavy atom. The standard InChI is InChI=1S/C24H21ClN4O4S2/c1-16-7-10-19(11-8-16)35(32,33)15-22-27-28-24(29(22)18-5-3-2-4-6-18)34-14-23(31)26-20-13-17(25)9-12-21(20)30/h2-13,30H,14-15H2,1H3,(H,26,31). The van der Waals surface area contributed by atoms with Crippen molar-refractivity contribution in [3.63, 3.8) is 0 Å². The highest BCUT2D eigenvalue weighted by Gasteiger charge is 2.23. The number of phenols is 1. The Bertz CT molecular complexity index is 1460. The number of hydrogen-bond donors (Lipinski definition) is 2. The summed E-state index contributed by atoms with van der Waals surface area (Å²) in [7, 11) is -3.68. The van der Waals surface area contributed by atoms with Crippen LogP contribution in [0.3, 0.4) is 0 Å². The van der Waals surface area contributed by atoms with E-state index in [1.807, 2.05) is 25.1 Å². The number of aromatic hydroxyl groups is 1. The van der Waals surface area contributed by atoms with E-state index in [2.05, 4.69) is 15.5 Å². The first-order valence-electron chi connectivity index (χ1n) is 10.4. The first kappa shape index (κ1) is 24.8. The number of carbonyl (C=O) groups is 1. The van der Waals surface area contributed by atoms with Crippen molar-refractivity contribution >= 4 is 44.8 Å². The number of phenolic OH excluding ortho intramolecular Hbond substituents is 1. The van der Waals surface area contributed by atoms with Gasteiger partial charge in [0.1, 0.15) is 11.5 Å². The van der Waals surface area contributed by atoms with Gasteiger partial charge in [-0.05, 0) is 49.4 Å². The summed E-state index contributed by atoms with van der Waals surface area (Å²) in [5.74, 6) is -0.692. The van der Waals surface area contributed by atoms with Crippen LogP contribution in [0, 0.1) is 6.92 Å². The number of aryl methyl sites for hydroxylation is 1. The number of carbonyl (C=O) groups excluding carboxylic acids is 1. The van der Waals surface area contributed by atoms with Gasteiger partial charge in [-0.1, -0.05) is 59.3 Å². The molecule has 0 saturated carbocycles. The zero-order valence-electron chi connectivity index (χ0n) is 18.6. The second kappa shape index (κ2) is 10.5. The van der Waals surface area contributed by atoms with Gasteiger partial charge in [-0.2, -0.15) is 0 Å². The van der Waals surface area contributed by atoms with E-state index >= 15 is 0 Å². The third-order valence-corrected chi connectivity index (χ3v) is 7.77. The molecule has 0 atom stereocenters. The van der Waals surface area contributed by atoms with Gasteiger partial charge in [-0.3, -0.25) is 9.36 Å². The molecule has 0 radical (unpaired) electrons. The van der Waals surface area contributed by atoms with Crippen LogP contribution < -0.4 is 5.32 Å². The van der Waals surface area contributed by atoms with Crippen LogP contribution in [0.4, 0.5) is 5.69 Å². The van der Waals surface area contributed by atoms with Crippen molar-refractivity contribution in [1.82, 2.24) is 14.8 Å². The Morgan fingerprint density at radius 3 is 2.49 bits per heavy atom. The van der Waals surface area contributed by atoms with Gasteiger partial charge in [-0.25, -0.2) is 8.42 Å². The number of rotatable bonds is 8. The third kappa shape index (κ3) is 6.02. The molecule has 0 spiro atoms. The molecule has 35 heavy (non-hydrogen) atoms. The Morgan fingerprint density at radius 2 is 1.77 bits per heavy atom. The minimum atomic E-state index is -3.68. The number of nitrogens with one attached hydrogen (secondary N) is 1. The molecule has 180 valence electrons. The maximum absolute atomic E-state index is 13.0. The summed E-state index contributed by atoms with van der Waals surface area (Å²) in [6.07, 6.45) is 0. The lowest BCUT2D eigenvalue weighted by Crippen LogP contribution is -2.15. The van der Waals surface area contributed by atoms with E-state index in [0.29, 0.717) is 15.9 Å². The van der Waals surface area contributed by atoms with Crippen LogP contribution in [0.25, 0.3) is 5.69 Å². The van der Waals surface area contributed by atoms with Gasteiger partial charge in [0, 0.05) is 10.7 Å². The number of hydrogen-bond acceptors (Lipinski definition) is 7. The highest BCUT2D eigenvalue weighted by Crippen LogP contribution is 2.28. The zero-order valence-corrected chi connectivity index (χ0v) is 20.9. The lowest BCUT2D eigenvalue weighted by Gasteiger charge is -2.11. The summed E-state index contributed by atoms with van der Waals surface area (Å²) in [4.78, 5) is 12.7. The zero-order chi connectivity index (χ0) is 25.0. The van der Waals surface area contributed by atoms with Crippen LogP contribution in [0.15, 0.2) is 82.8 Å². The Balaban J connectivity index is 1.58. The SMILES string of the molecule is Cc1ccc(S(=O)(=O)Cc2nnc(SCC(=O)Nc3cc(Cl)ccc3O)n2-c2ccccc2)cc1. The van der Waals surface area contributed by atoms with Crippen molar-refractivity contribution in [2.75, 3.05) is 11.1 Å². The predicted molar refractivity (Wildman–Crippen MR) is 136 cm³/mol. The molecular weight excluding hydrogens is 508 g/mol. The molecule has 1 amide bonds. The minimum absolute atomic E-state index is 0.0539. The minimum Gasteiger partial charge on any atom is -0.506 e. The number of nitrogens with zero attached hydrogens (tertiary/aromatic N) is 3. The molecule has 0 fully saturated rings. The largest absolute Gasteiger partial charge is 0.506 e. The fourth-order valence-corrected chi connectivity index (χ4v) is 5.43. The third-order valence-electron chi connectivity index (χ3n) is 4.98. The lowest BCUT2D eigenvalue weighted by molar-refractivity contribution is -0.113. The molecule has 0 bridgehead atoms. The van der Waals surface area contributed by atoms with E-state index in [4.69, 9.17) is 11.6 Å². The number of amides is 1. The van der Waals surface area contributed by atoms with E-state index in [0.717, 1.165) is 17.3 Å². The van der Waals surface area contributed by atoms with Crippen LogP contribution >= 0.6 is 23.4 Å². The Kier molecular flexibility index (Phi) is 7.44. The Labute approximate surface area is 211 Å². The molecule has 4 rings (SSSR count). The van der Waals surface area contributed by atoms with Gasteiger partial charge in [0.15, 0.2) is 20.8 Å². The van der Waals surface area contributed by atoms with Gasteiger partial charge in [0.25, 0.3) is 0 Å². The smallest absolute Gasteiger partial charge is 0.234 e. The van der Waals surface area contributed by atoms with Crippen molar-refractivity contribution in [1.29, 1.82) is 0 Å². The summed E-state index contributed by atoms with van der Waals surface area (Å²) in [5.41, 5.74) is 1.82. The summed E-state index contributed by atoms with van der Waals surface area (Å²) >= 11 is 7.02. The Hall–Kier alpha value is -3.34. The molecule has 0 unspecified atom stereocenters. The van der Waals surface area contributed by atoms with Crippen molar-refractivity contribution in [2.45, 2.75) is 22.7 Å². The summed E-state index contributed by atoms with van der Waals surface area (Å²) in [5, 5.41) is 21.5. The predicted octanol–water partition coefficient (Wildman–Crippen LogP) is 4.64. The number of benzene rings is 3. The number of aromatic nitrogens is 3. The van der Waals surface area contributed by atoms with E-state index < -0.39 is 15.7 Å². The maximum Gasteiger partial charge on any atom is 0.234 e. The topological polar surface area (TPSA) is 114 Å². The van der Waals surface area contributed by atoms with E-state index in [1.165, 1.54) is 18.2 Å². The molecule has 0 aliphatic heterocycles. The monoisotopic (exact) mass is 528 g/mol. The summed E-state index contributed by atoms with van der Waals surface area (Å²) in [6.45, 7) is 1.88. The molecule has 8 nitrogen and oxygen atoms in total. The van der Waals surface area contributed by atoms with Crippen LogP contribution in [0.2, 0.25) is 5.02 Å². The van der Waals surface area contributed by atoms with Gasteiger partial charge in [-0.15, -0.1) is 10.2 Å². The molecule has 2 N–H and O–H groups in total. The number of anilines is 1. The van der Waals surface area contributed by atoms with Gasteiger partial charge in [0.2, 0.25) is 5.91 Å². The van der Waals surface area contributed by atoms with Crippen molar-refractivity contribution in [3.05, 3.63) is 89.2 Å². The quantitative estimate of drug-likeness (QED) is 0.253. The normalized spacial score (nSPS) is 11.4. The van der Waals surface area contributed by atoms with Crippen LogP contribution in [-0.2, 0) is 20.4 Å². The molecule has 3 aromatic carbocycles. The average molecular weight is 529 g/mol.